The SMILES string of the molecule is Cc1ccc(C#N)cc1NC(=O)N1CCC(C(C)O)CC1. The van der Waals surface area contributed by atoms with Gasteiger partial charge in [0, 0.05) is 18.8 Å². The third kappa shape index (κ3) is 3.73. The molecule has 1 atom stereocenters. The fraction of sp³-hybridized carbons (Fsp3) is 0.500. The molecule has 1 heterocycles. The second kappa shape index (κ2) is 6.59. The number of nitrogens with zero attached hydrogens (tertiary/aromatic N) is 2. The number of urea groups is 1. The van der Waals surface area contributed by atoms with Crippen LogP contribution in [0.4, 0.5) is 10.5 Å². The molecule has 1 aromatic carbocycles. The fourth-order valence-corrected chi connectivity index (χ4v) is 2.61. The Hall–Kier alpha value is -2.06. The zero-order chi connectivity index (χ0) is 15.4. The molecule has 0 saturated carbocycles. The molecule has 112 valence electrons. The van der Waals surface area contributed by atoms with Crippen LogP contribution in [-0.2, 0) is 0 Å². The third-order valence-corrected chi connectivity index (χ3v) is 4.12. The van der Waals surface area contributed by atoms with Gasteiger partial charge < -0.3 is 15.3 Å². The number of carbonyl (C=O) groups excluding carboxylic acids is 1. The maximum Gasteiger partial charge on any atom is 0.321 e. The summed E-state index contributed by atoms with van der Waals surface area (Å²) in [6, 6.07) is 7.18. The monoisotopic (exact) mass is 287 g/mol. The molecule has 2 amide bonds. The van der Waals surface area contributed by atoms with E-state index in [4.69, 9.17) is 5.26 Å². The minimum Gasteiger partial charge on any atom is -0.393 e. The van der Waals surface area contributed by atoms with Crippen molar-refractivity contribution in [2.75, 3.05) is 18.4 Å². The number of nitrogens with one attached hydrogen (secondary N) is 1. The van der Waals surface area contributed by atoms with Gasteiger partial charge in [-0.2, -0.15) is 5.26 Å². The normalized spacial score (nSPS) is 17.1. The summed E-state index contributed by atoms with van der Waals surface area (Å²) in [5.41, 5.74) is 2.14. The number of rotatable bonds is 2. The van der Waals surface area contributed by atoms with E-state index in [1.54, 1.807) is 24.0 Å². The van der Waals surface area contributed by atoms with Gasteiger partial charge in [0.2, 0.25) is 0 Å². The number of benzene rings is 1. The molecule has 1 unspecified atom stereocenters. The lowest BCUT2D eigenvalue weighted by molar-refractivity contribution is 0.0820. The molecule has 2 rings (SSSR count). The van der Waals surface area contributed by atoms with Crippen molar-refractivity contribution in [1.29, 1.82) is 5.26 Å². The van der Waals surface area contributed by atoms with Gasteiger partial charge >= 0.3 is 6.03 Å². The van der Waals surface area contributed by atoms with Gasteiger partial charge in [-0.3, -0.25) is 0 Å². The lowest BCUT2D eigenvalue weighted by Crippen LogP contribution is -2.42. The van der Waals surface area contributed by atoms with Crippen LogP contribution in [0.5, 0.6) is 0 Å². The molecule has 1 saturated heterocycles. The van der Waals surface area contributed by atoms with Crippen molar-refractivity contribution in [2.24, 2.45) is 5.92 Å². The van der Waals surface area contributed by atoms with E-state index < -0.39 is 0 Å². The van der Waals surface area contributed by atoms with Gasteiger partial charge in [-0.05, 0) is 50.3 Å². The van der Waals surface area contributed by atoms with Crippen molar-refractivity contribution in [3.05, 3.63) is 29.3 Å². The van der Waals surface area contributed by atoms with Gasteiger partial charge in [0.15, 0.2) is 0 Å². The van der Waals surface area contributed by atoms with E-state index in [9.17, 15) is 9.90 Å². The summed E-state index contributed by atoms with van der Waals surface area (Å²) in [5.74, 6) is 0.276. The first-order valence-corrected chi connectivity index (χ1v) is 7.26. The molecule has 1 fully saturated rings. The Bertz CT molecular complexity index is 555. The van der Waals surface area contributed by atoms with E-state index in [2.05, 4.69) is 11.4 Å². The number of aryl methyl sites for hydroxylation is 1. The molecule has 21 heavy (non-hydrogen) atoms. The minimum atomic E-state index is -0.315. The van der Waals surface area contributed by atoms with Crippen LogP contribution in [0.25, 0.3) is 0 Å². The lowest BCUT2D eigenvalue weighted by Gasteiger charge is -2.33. The largest absolute Gasteiger partial charge is 0.393 e. The molecular formula is C16H21N3O2. The van der Waals surface area contributed by atoms with E-state index in [-0.39, 0.29) is 18.1 Å². The quantitative estimate of drug-likeness (QED) is 0.877. The first kappa shape index (κ1) is 15.3. The molecule has 5 nitrogen and oxygen atoms in total. The van der Waals surface area contributed by atoms with Crippen molar-refractivity contribution in [3.63, 3.8) is 0 Å². The highest BCUT2D eigenvalue weighted by Gasteiger charge is 2.25. The number of hydrogen-bond acceptors (Lipinski definition) is 3. The maximum absolute atomic E-state index is 12.3. The lowest BCUT2D eigenvalue weighted by atomic mass is 9.92. The third-order valence-electron chi connectivity index (χ3n) is 4.12. The number of aliphatic hydroxyl groups excluding tert-OH is 1. The van der Waals surface area contributed by atoms with Crippen molar-refractivity contribution in [2.45, 2.75) is 32.8 Å². The summed E-state index contributed by atoms with van der Waals surface area (Å²) in [6.45, 7) is 5.00. The summed E-state index contributed by atoms with van der Waals surface area (Å²) < 4.78 is 0. The Labute approximate surface area is 125 Å². The number of hydrogen-bond donors (Lipinski definition) is 2. The van der Waals surface area contributed by atoms with E-state index >= 15 is 0 Å². The smallest absolute Gasteiger partial charge is 0.321 e. The Morgan fingerprint density at radius 2 is 2.14 bits per heavy atom. The van der Waals surface area contributed by atoms with Gasteiger partial charge in [0.1, 0.15) is 0 Å². The Kier molecular flexibility index (Phi) is 4.81. The molecule has 1 aliphatic rings. The molecule has 2 N–H and O–H groups in total. The summed E-state index contributed by atoms with van der Waals surface area (Å²) in [4.78, 5) is 14.0. The van der Waals surface area contributed by atoms with Crippen LogP contribution >= 0.6 is 0 Å². The zero-order valence-corrected chi connectivity index (χ0v) is 12.5. The van der Waals surface area contributed by atoms with Crippen molar-refractivity contribution < 1.29 is 9.90 Å². The highest BCUT2D eigenvalue weighted by molar-refractivity contribution is 5.90. The van der Waals surface area contributed by atoms with Crippen LogP contribution in [0.1, 0.15) is 30.9 Å². The summed E-state index contributed by atoms with van der Waals surface area (Å²) in [5, 5.41) is 21.4. The van der Waals surface area contributed by atoms with Gasteiger partial charge in [0.05, 0.1) is 17.7 Å². The molecule has 0 aromatic heterocycles. The van der Waals surface area contributed by atoms with E-state index in [0.717, 1.165) is 18.4 Å². The van der Waals surface area contributed by atoms with E-state index in [1.807, 2.05) is 13.0 Å². The van der Waals surface area contributed by atoms with Crippen molar-refractivity contribution in [3.8, 4) is 6.07 Å². The number of nitriles is 1. The first-order chi connectivity index (χ1) is 10.0. The van der Waals surface area contributed by atoms with Gasteiger partial charge in [-0.25, -0.2) is 4.79 Å². The molecule has 1 aromatic rings. The number of carbonyl (C=O) groups is 1. The molecule has 0 spiro atoms. The van der Waals surface area contributed by atoms with E-state index in [0.29, 0.717) is 24.3 Å². The van der Waals surface area contributed by atoms with Crippen LogP contribution in [0.2, 0.25) is 0 Å². The second-order valence-corrected chi connectivity index (χ2v) is 5.64. The molecule has 0 bridgehead atoms. The highest BCUT2D eigenvalue weighted by Crippen LogP contribution is 2.22. The predicted octanol–water partition coefficient (Wildman–Crippen LogP) is 2.49. The van der Waals surface area contributed by atoms with Crippen molar-refractivity contribution in [1.82, 2.24) is 4.90 Å². The fourth-order valence-electron chi connectivity index (χ4n) is 2.61. The summed E-state index contributed by atoms with van der Waals surface area (Å²) in [7, 11) is 0. The number of likely N-dealkylation sites (tertiary alicyclic amines) is 1. The number of aliphatic hydroxyl groups is 1. The zero-order valence-electron chi connectivity index (χ0n) is 12.5. The highest BCUT2D eigenvalue weighted by atomic mass is 16.3. The molecule has 0 aliphatic carbocycles. The summed E-state index contributed by atoms with van der Waals surface area (Å²) in [6.07, 6.45) is 1.33. The van der Waals surface area contributed by atoms with E-state index in [1.165, 1.54) is 0 Å². The minimum absolute atomic E-state index is 0.141. The average Bonchev–Trinajstić information content (AvgIpc) is 2.49. The molecule has 0 radical (unpaired) electrons. The van der Waals surface area contributed by atoms with Crippen LogP contribution in [0.15, 0.2) is 18.2 Å². The number of anilines is 1. The Morgan fingerprint density at radius 3 is 2.71 bits per heavy atom. The second-order valence-electron chi connectivity index (χ2n) is 5.64. The van der Waals surface area contributed by atoms with Gasteiger partial charge in [-0.15, -0.1) is 0 Å². The van der Waals surface area contributed by atoms with Gasteiger partial charge in [-0.1, -0.05) is 6.07 Å². The standard InChI is InChI=1S/C16H21N3O2/c1-11-3-4-13(10-17)9-15(11)18-16(21)19-7-5-14(6-8-19)12(2)20/h3-4,9,12,14,20H,5-8H2,1-2H3,(H,18,21). The van der Waals surface area contributed by atoms with Crippen molar-refractivity contribution >= 4 is 11.7 Å². The van der Waals surface area contributed by atoms with Crippen LogP contribution in [0.3, 0.4) is 0 Å². The van der Waals surface area contributed by atoms with Crippen LogP contribution in [-0.4, -0.2) is 35.2 Å². The molecular weight excluding hydrogens is 266 g/mol. The summed E-state index contributed by atoms with van der Waals surface area (Å²) >= 11 is 0. The molecule has 5 heteroatoms. The number of amides is 2. The number of piperidine rings is 1. The Balaban J connectivity index is 1.98. The average molecular weight is 287 g/mol. The first-order valence-electron chi connectivity index (χ1n) is 7.26. The maximum atomic E-state index is 12.3. The predicted molar refractivity (Wildman–Crippen MR) is 80.9 cm³/mol. The van der Waals surface area contributed by atoms with Crippen LogP contribution < -0.4 is 5.32 Å². The molecule has 1 aliphatic heterocycles. The van der Waals surface area contributed by atoms with Crippen LogP contribution in [0, 0.1) is 24.2 Å². The van der Waals surface area contributed by atoms with Gasteiger partial charge in [0.25, 0.3) is 0 Å². The topological polar surface area (TPSA) is 76.4 Å². The Morgan fingerprint density at radius 1 is 1.48 bits per heavy atom.